The molecule has 0 unspecified atom stereocenters. The summed E-state index contributed by atoms with van der Waals surface area (Å²) in [5.74, 6) is 0.286. The van der Waals surface area contributed by atoms with Crippen molar-refractivity contribution in [1.29, 1.82) is 0 Å². The van der Waals surface area contributed by atoms with E-state index in [2.05, 4.69) is 10.6 Å². The van der Waals surface area contributed by atoms with E-state index in [0.717, 1.165) is 5.76 Å². The summed E-state index contributed by atoms with van der Waals surface area (Å²) in [6.07, 6.45) is 0. The smallest absolute Gasteiger partial charge is 0.337 e. The first-order valence-corrected chi connectivity index (χ1v) is 6.46. The molecule has 110 valence electrons. The molecule has 0 aliphatic carbocycles. The maximum Gasteiger partial charge on any atom is 0.337 e. The Morgan fingerprint density at radius 1 is 1.29 bits per heavy atom. The summed E-state index contributed by atoms with van der Waals surface area (Å²) in [6, 6.07) is 7.31. The van der Waals surface area contributed by atoms with Crippen LogP contribution < -0.4 is 10.6 Å². The molecule has 2 amide bonds. The van der Waals surface area contributed by atoms with Crippen molar-refractivity contribution in [1.82, 2.24) is 5.32 Å². The van der Waals surface area contributed by atoms with Crippen LogP contribution in [0.4, 0.5) is 10.5 Å². The number of rotatable bonds is 4. The predicted octanol–water partition coefficient (Wildman–Crippen LogP) is 3.26. The molecular formula is C14H13ClN2O4. The second kappa shape index (κ2) is 6.32. The van der Waals surface area contributed by atoms with Crippen molar-refractivity contribution in [3.63, 3.8) is 0 Å². The van der Waals surface area contributed by atoms with Crippen LogP contribution in [0.5, 0.6) is 0 Å². The molecule has 0 bridgehead atoms. The fourth-order valence-electron chi connectivity index (χ4n) is 1.69. The van der Waals surface area contributed by atoms with Gasteiger partial charge in [-0.15, -0.1) is 0 Å². The summed E-state index contributed by atoms with van der Waals surface area (Å²) in [5.41, 5.74) is 0.381. The summed E-state index contributed by atoms with van der Waals surface area (Å²) in [7, 11) is 0. The number of amides is 2. The van der Waals surface area contributed by atoms with Crippen LogP contribution in [0, 0.1) is 6.92 Å². The maximum atomic E-state index is 11.7. The fourth-order valence-corrected chi connectivity index (χ4v) is 1.95. The number of benzene rings is 1. The van der Waals surface area contributed by atoms with Crippen LogP contribution in [0.1, 0.15) is 21.9 Å². The minimum absolute atomic E-state index is 0.0197. The van der Waals surface area contributed by atoms with Gasteiger partial charge in [-0.25, -0.2) is 9.59 Å². The van der Waals surface area contributed by atoms with Gasteiger partial charge < -0.3 is 20.2 Å². The Bertz CT molecular complexity index is 681. The summed E-state index contributed by atoms with van der Waals surface area (Å²) in [6.45, 7) is 2.07. The molecular weight excluding hydrogens is 296 g/mol. The molecule has 1 aromatic heterocycles. The number of halogens is 1. The van der Waals surface area contributed by atoms with E-state index in [-0.39, 0.29) is 17.1 Å². The van der Waals surface area contributed by atoms with Crippen LogP contribution in [-0.2, 0) is 6.54 Å². The van der Waals surface area contributed by atoms with Crippen molar-refractivity contribution in [2.45, 2.75) is 13.5 Å². The van der Waals surface area contributed by atoms with E-state index in [1.165, 1.54) is 18.2 Å². The predicted molar refractivity (Wildman–Crippen MR) is 77.7 cm³/mol. The molecule has 0 saturated heterocycles. The lowest BCUT2D eigenvalue weighted by atomic mass is 10.2. The Hall–Kier alpha value is -2.47. The quantitative estimate of drug-likeness (QED) is 0.808. The van der Waals surface area contributed by atoms with Crippen LogP contribution in [-0.4, -0.2) is 17.1 Å². The number of carbonyl (C=O) groups is 2. The highest BCUT2D eigenvalue weighted by atomic mass is 35.5. The molecule has 0 radical (unpaired) electrons. The Kier molecular flexibility index (Phi) is 4.49. The first kappa shape index (κ1) is 14.9. The van der Waals surface area contributed by atoms with Gasteiger partial charge in [0.2, 0.25) is 0 Å². The first-order chi connectivity index (χ1) is 9.95. The number of carboxylic acid groups (broad SMARTS) is 1. The van der Waals surface area contributed by atoms with Gasteiger partial charge in [-0.3, -0.25) is 0 Å². The molecule has 6 nitrogen and oxygen atoms in total. The number of carboxylic acids is 1. The normalized spacial score (nSPS) is 10.2. The Morgan fingerprint density at radius 2 is 2.05 bits per heavy atom. The lowest BCUT2D eigenvalue weighted by Crippen LogP contribution is -2.28. The van der Waals surface area contributed by atoms with Crippen LogP contribution in [0.15, 0.2) is 34.7 Å². The average molecular weight is 309 g/mol. The van der Waals surface area contributed by atoms with E-state index < -0.39 is 12.0 Å². The Balaban J connectivity index is 1.93. The highest BCUT2D eigenvalue weighted by Crippen LogP contribution is 2.20. The van der Waals surface area contributed by atoms with Gasteiger partial charge in [-0.05, 0) is 37.3 Å². The van der Waals surface area contributed by atoms with E-state index in [9.17, 15) is 9.59 Å². The molecule has 0 spiro atoms. The lowest BCUT2D eigenvalue weighted by Gasteiger charge is -2.08. The summed E-state index contributed by atoms with van der Waals surface area (Å²) in [4.78, 5) is 22.5. The number of urea groups is 1. The van der Waals surface area contributed by atoms with Gasteiger partial charge in [0.05, 0.1) is 17.1 Å². The summed E-state index contributed by atoms with van der Waals surface area (Å²) in [5, 5.41) is 14.1. The molecule has 1 heterocycles. The number of nitrogens with one attached hydrogen (secondary N) is 2. The summed E-state index contributed by atoms with van der Waals surface area (Å²) >= 11 is 5.82. The van der Waals surface area contributed by atoms with Gasteiger partial charge >= 0.3 is 12.0 Å². The molecule has 0 saturated carbocycles. The highest BCUT2D eigenvalue weighted by molar-refractivity contribution is 6.33. The lowest BCUT2D eigenvalue weighted by molar-refractivity contribution is 0.0697. The van der Waals surface area contributed by atoms with E-state index in [1.54, 1.807) is 12.1 Å². The molecule has 0 aliphatic heterocycles. The van der Waals surface area contributed by atoms with E-state index in [1.807, 2.05) is 6.92 Å². The standard InChI is InChI=1S/C14H13ClN2O4/c1-8-2-4-10(21-8)7-16-14(20)17-9-3-5-11(13(18)19)12(15)6-9/h2-6H,7H2,1H3,(H,18,19)(H2,16,17,20). The molecule has 0 aliphatic rings. The summed E-state index contributed by atoms with van der Waals surface area (Å²) < 4.78 is 5.32. The number of aryl methyl sites for hydroxylation is 1. The molecule has 1 aromatic carbocycles. The van der Waals surface area contributed by atoms with E-state index in [0.29, 0.717) is 11.4 Å². The third-order valence-electron chi connectivity index (χ3n) is 2.68. The molecule has 2 aromatic rings. The number of carbonyl (C=O) groups excluding carboxylic acids is 1. The SMILES string of the molecule is Cc1ccc(CNC(=O)Nc2ccc(C(=O)O)c(Cl)c2)o1. The second-order valence-corrected chi connectivity index (χ2v) is 4.73. The molecule has 3 N–H and O–H groups in total. The first-order valence-electron chi connectivity index (χ1n) is 6.08. The largest absolute Gasteiger partial charge is 0.478 e. The van der Waals surface area contributed by atoms with Gasteiger partial charge in [0.15, 0.2) is 0 Å². The zero-order chi connectivity index (χ0) is 15.4. The van der Waals surface area contributed by atoms with Crippen molar-refractivity contribution in [2.75, 3.05) is 5.32 Å². The minimum atomic E-state index is -1.12. The third kappa shape index (κ3) is 4.00. The van der Waals surface area contributed by atoms with Gasteiger partial charge in [-0.1, -0.05) is 11.6 Å². The molecule has 7 heteroatoms. The fraction of sp³-hybridized carbons (Fsp3) is 0.143. The Morgan fingerprint density at radius 3 is 2.62 bits per heavy atom. The molecule has 0 atom stereocenters. The third-order valence-corrected chi connectivity index (χ3v) is 2.99. The van der Waals surface area contributed by atoms with Crippen molar-refractivity contribution in [3.05, 3.63) is 52.4 Å². The molecule has 21 heavy (non-hydrogen) atoms. The number of hydrogen-bond donors (Lipinski definition) is 3. The van der Waals surface area contributed by atoms with Gasteiger partial charge in [-0.2, -0.15) is 0 Å². The van der Waals surface area contributed by atoms with Crippen LogP contribution in [0.3, 0.4) is 0 Å². The number of hydrogen-bond acceptors (Lipinski definition) is 3. The van der Waals surface area contributed by atoms with Crippen LogP contribution >= 0.6 is 11.6 Å². The average Bonchev–Trinajstić information content (AvgIpc) is 2.82. The molecule has 2 rings (SSSR count). The Labute approximate surface area is 125 Å². The number of anilines is 1. The highest BCUT2D eigenvalue weighted by Gasteiger charge is 2.10. The van der Waals surface area contributed by atoms with Gasteiger partial charge in [0, 0.05) is 5.69 Å². The maximum absolute atomic E-state index is 11.7. The van der Waals surface area contributed by atoms with Gasteiger partial charge in [0.25, 0.3) is 0 Å². The zero-order valence-corrected chi connectivity index (χ0v) is 11.9. The van der Waals surface area contributed by atoms with Gasteiger partial charge in [0.1, 0.15) is 11.5 Å². The molecule has 0 fully saturated rings. The van der Waals surface area contributed by atoms with Crippen LogP contribution in [0.25, 0.3) is 0 Å². The second-order valence-electron chi connectivity index (χ2n) is 4.32. The van der Waals surface area contributed by atoms with Crippen molar-refractivity contribution < 1.29 is 19.1 Å². The number of aromatic carboxylic acids is 1. The topological polar surface area (TPSA) is 91.6 Å². The van der Waals surface area contributed by atoms with E-state index >= 15 is 0 Å². The van der Waals surface area contributed by atoms with Crippen molar-refractivity contribution in [2.24, 2.45) is 0 Å². The van der Waals surface area contributed by atoms with Crippen LogP contribution in [0.2, 0.25) is 5.02 Å². The van der Waals surface area contributed by atoms with Crippen molar-refractivity contribution in [3.8, 4) is 0 Å². The van der Waals surface area contributed by atoms with E-state index in [4.69, 9.17) is 21.1 Å². The van der Waals surface area contributed by atoms with Crippen molar-refractivity contribution >= 4 is 29.3 Å². The zero-order valence-electron chi connectivity index (χ0n) is 11.1. The monoisotopic (exact) mass is 308 g/mol. The number of furan rings is 1. The minimum Gasteiger partial charge on any atom is -0.478 e.